The molecule has 0 spiro atoms. The third kappa shape index (κ3) is 8.30. The Morgan fingerprint density at radius 3 is 2.24 bits per heavy atom. The summed E-state index contributed by atoms with van der Waals surface area (Å²) in [4.78, 5) is 40.9. The molecule has 1 heterocycles. The summed E-state index contributed by atoms with van der Waals surface area (Å²) in [6.45, 7) is 10.0. The van der Waals surface area contributed by atoms with Crippen LogP contribution in [0.15, 0.2) is 36.4 Å². The maximum absolute atomic E-state index is 15.7. The summed E-state index contributed by atoms with van der Waals surface area (Å²) in [6, 6.07) is 8.64. The van der Waals surface area contributed by atoms with Crippen molar-refractivity contribution in [2.24, 2.45) is 0 Å². The number of ether oxygens (including phenoxy) is 1. The second-order valence-electron chi connectivity index (χ2n) is 14.7. The number of rotatable bonds is 13. The fourth-order valence-electron chi connectivity index (χ4n) is 6.69. The van der Waals surface area contributed by atoms with Gasteiger partial charge in [-0.05, 0) is 63.2 Å². The maximum Gasteiger partial charge on any atom is 0.236 e. The van der Waals surface area contributed by atoms with E-state index >= 15 is 4.39 Å². The van der Waals surface area contributed by atoms with Gasteiger partial charge in [0.25, 0.3) is 0 Å². The summed E-state index contributed by atoms with van der Waals surface area (Å²) in [5.41, 5.74) is -2.60. The number of likely N-dealkylation sites (N-methyl/N-ethyl adjacent to an activating group) is 2. The standard InChI is InChI=1S/C31H47B4FN4O6/c1-27(2)16-40(17-28(3,4)46-27)13-19-10-11-22(23(36)12-19)31(35,45)38-24-9-7-8-20(15-41)21(24)14-39(6)25(26(43)37-5)30(33,34)29(32,44)18-42/h7-12,15,18,25,38,44-45H,13-14,16-17,32-35H2,1-6H3,(H,37,43). The van der Waals surface area contributed by atoms with E-state index in [9.17, 15) is 24.6 Å². The second-order valence-corrected chi connectivity index (χ2v) is 14.7. The molecule has 1 fully saturated rings. The predicted molar refractivity (Wildman–Crippen MR) is 187 cm³/mol. The fraction of sp³-hybridized carbons (Fsp3) is 0.516. The lowest BCUT2D eigenvalue weighted by Gasteiger charge is -2.47. The molecule has 2 aromatic rings. The largest absolute Gasteiger partial charge is 0.393 e. The van der Waals surface area contributed by atoms with Gasteiger partial charge in [-0.15, -0.1) is 0 Å². The summed E-state index contributed by atoms with van der Waals surface area (Å²) in [5.74, 6) is -1.03. The third-order valence-electron chi connectivity index (χ3n) is 9.00. The molecule has 3 unspecified atom stereocenters. The Morgan fingerprint density at radius 2 is 1.72 bits per heavy atom. The van der Waals surface area contributed by atoms with Crippen LogP contribution in [0.1, 0.15) is 54.7 Å². The van der Waals surface area contributed by atoms with Crippen molar-refractivity contribution >= 4 is 55.6 Å². The SMILES string of the molecule is BC(O)(Nc1cccc(C=O)c1CN(C)C(C(=O)NC)C(B)(B)C(B)(O)C=O)c1ccc(CN2CC(C)(C)OC(C)(C)C2)cc1F. The van der Waals surface area contributed by atoms with E-state index in [0.29, 0.717) is 43.5 Å². The van der Waals surface area contributed by atoms with Gasteiger partial charge in [0.15, 0.2) is 15.7 Å². The van der Waals surface area contributed by atoms with E-state index in [-0.39, 0.29) is 28.9 Å². The molecule has 0 aliphatic carbocycles. The van der Waals surface area contributed by atoms with Crippen molar-refractivity contribution < 1.29 is 33.7 Å². The Bertz CT molecular complexity index is 1440. The zero-order valence-corrected chi connectivity index (χ0v) is 28.8. The molecule has 3 atom stereocenters. The summed E-state index contributed by atoms with van der Waals surface area (Å²) < 4.78 is 21.8. The number of nitrogens with zero attached hydrogens (tertiary/aromatic N) is 2. The summed E-state index contributed by atoms with van der Waals surface area (Å²) in [6.07, 6.45) is 1.07. The Hall–Kier alpha value is -2.96. The van der Waals surface area contributed by atoms with Gasteiger partial charge in [0.2, 0.25) is 5.91 Å². The minimum absolute atomic E-state index is 0.0114. The predicted octanol–water partition coefficient (Wildman–Crippen LogP) is -1.68. The fourth-order valence-corrected chi connectivity index (χ4v) is 6.69. The molecule has 2 aromatic carbocycles. The Kier molecular flexibility index (Phi) is 11.1. The number of aliphatic hydroxyl groups is 2. The topological polar surface area (TPSA) is 131 Å². The van der Waals surface area contributed by atoms with Gasteiger partial charge in [0.1, 0.15) is 39.7 Å². The van der Waals surface area contributed by atoms with Crippen molar-refractivity contribution in [2.75, 3.05) is 32.5 Å². The highest BCUT2D eigenvalue weighted by molar-refractivity contribution is 6.49. The average Bonchev–Trinajstić information content (AvgIpc) is 2.91. The van der Waals surface area contributed by atoms with E-state index in [2.05, 4.69) is 15.5 Å². The van der Waals surface area contributed by atoms with E-state index in [0.717, 1.165) is 5.56 Å². The van der Waals surface area contributed by atoms with Crippen molar-refractivity contribution in [1.82, 2.24) is 15.1 Å². The minimum Gasteiger partial charge on any atom is -0.393 e. The van der Waals surface area contributed by atoms with Crippen molar-refractivity contribution in [3.05, 3.63) is 64.5 Å². The molecule has 10 nitrogen and oxygen atoms in total. The number of carbonyl (C=O) groups is 3. The minimum atomic E-state index is -1.89. The van der Waals surface area contributed by atoms with Gasteiger partial charge in [-0.2, -0.15) is 0 Å². The third-order valence-corrected chi connectivity index (χ3v) is 9.00. The number of halogens is 1. The van der Waals surface area contributed by atoms with Gasteiger partial charge in [-0.25, -0.2) is 4.39 Å². The van der Waals surface area contributed by atoms with Crippen molar-refractivity contribution in [2.45, 2.75) is 74.4 Å². The van der Waals surface area contributed by atoms with Crippen LogP contribution in [0.2, 0.25) is 5.21 Å². The van der Waals surface area contributed by atoms with Gasteiger partial charge in [0, 0.05) is 50.0 Å². The highest BCUT2D eigenvalue weighted by Crippen LogP contribution is 2.37. The number of morpholine rings is 1. The van der Waals surface area contributed by atoms with Crippen LogP contribution in [0.25, 0.3) is 0 Å². The number of anilines is 1. The molecule has 246 valence electrons. The maximum atomic E-state index is 15.7. The summed E-state index contributed by atoms with van der Waals surface area (Å²) in [7, 11) is 9.09. The molecule has 3 rings (SSSR count). The molecular weight excluding hydrogens is 587 g/mol. The highest BCUT2D eigenvalue weighted by Gasteiger charge is 2.49. The molecular formula is C31H47B4FN4O6. The number of carbonyl (C=O) groups excluding carboxylic acids is 3. The molecule has 0 aromatic heterocycles. The van der Waals surface area contributed by atoms with Gasteiger partial charge < -0.3 is 30.4 Å². The number of aldehydes is 2. The molecule has 0 radical (unpaired) electrons. The number of nitrogens with one attached hydrogen (secondary N) is 2. The van der Waals surface area contributed by atoms with E-state index in [1.807, 2.05) is 27.7 Å². The number of hydrogen-bond donors (Lipinski definition) is 4. The Labute approximate surface area is 275 Å². The molecule has 0 saturated carbocycles. The van der Waals surface area contributed by atoms with Crippen LogP contribution in [0.5, 0.6) is 0 Å². The molecule has 0 bridgehead atoms. The zero-order chi connectivity index (χ0) is 34.9. The highest BCUT2D eigenvalue weighted by atomic mass is 19.1. The lowest BCUT2D eigenvalue weighted by molar-refractivity contribution is -0.182. The quantitative estimate of drug-likeness (QED) is 0.116. The van der Waals surface area contributed by atoms with Gasteiger partial charge >= 0.3 is 0 Å². The van der Waals surface area contributed by atoms with Crippen LogP contribution in [0.3, 0.4) is 0 Å². The molecule has 1 saturated heterocycles. The lowest BCUT2D eigenvalue weighted by atomic mass is 9.38. The van der Waals surface area contributed by atoms with Crippen LogP contribution in [-0.2, 0) is 33.0 Å². The first kappa shape index (κ1) is 37.5. The first-order valence-electron chi connectivity index (χ1n) is 15.5. The van der Waals surface area contributed by atoms with Crippen molar-refractivity contribution in [1.29, 1.82) is 0 Å². The van der Waals surface area contributed by atoms with Gasteiger partial charge in [-0.3, -0.25) is 19.4 Å². The van der Waals surface area contributed by atoms with Crippen molar-refractivity contribution in [3.63, 3.8) is 0 Å². The van der Waals surface area contributed by atoms with E-state index in [1.165, 1.54) is 28.8 Å². The Balaban J connectivity index is 1.92. The summed E-state index contributed by atoms with van der Waals surface area (Å²) >= 11 is 0. The number of benzene rings is 2. The molecule has 15 heteroatoms. The van der Waals surface area contributed by atoms with Gasteiger partial charge in [-0.1, -0.05) is 24.3 Å². The average molecular weight is 634 g/mol. The van der Waals surface area contributed by atoms with E-state index in [1.54, 1.807) is 58.0 Å². The molecule has 1 aliphatic rings. The monoisotopic (exact) mass is 634 g/mol. The van der Waals surface area contributed by atoms with Crippen LogP contribution < -0.4 is 10.6 Å². The molecule has 1 amide bonds. The first-order valence-corrected chi connectivity index (χ1v) is 15.5. The first-order chi connectivity index (χ1) is 21.1. The number of hydrogen-bond acceptors (Lipinski definition) is 9. The van der Waals surface area contributed by atoms with Crippen LogP contribution in [-0.4, -0.2) is 120 Å². The Morgan fingerprint density at radius 1 is 1.11 bits per heavy atom. The zero-order valence-electron chi connectivity index (χ0n) is 28.8. The second kappa shape index (κ2) is 13.6. The van der Waals surface area contributed by atoms with E-state index in [4.69, 9.17) is 4.74 Å². The lowest BCUT2D eigenvalue weighted by Crippen LogP contribution is -2.61. The van der Waals surface area contributed by atoms with Gasteiger partial charge in [0.05, 0.1) is 22.7 Å². The molecule has 1 aliphatic heterocycles. The van der Waals surface area contributed by atoms with Crippen LogP contribution >= 0.6 is 0 Å². The smallest absolute Gasteiger partial charge is 0.236 e. The van der Waals surface area contributed by atoms with Crippen LogP contribution in [0, 0.1) is 5.82 Å². The van der Waals surface area contributed by atoms with Crippen LogP contribution in [0.4, 0.5) is 10.1 Å². The molecule has 46 heavy (non-hydrogen) atoms. The normalized spacial score (nSPS) is 19.8. The summed E-state index contributed by atoms with van der Waals surface area (Å²) in [5, 5.41) is 26.8. The number of amides is 1. The molecule has 4 N–H and O–H groups in total. The van der Waals surface area contributed by atoms with E-state index < -0.39 is 34.1 Å². The van der Waals surface area contributed by atoms with Crippen molar-refractivity contribution in [3.8, 4) is 0 Å².